The summed E-state index contributed by atoms with van der Waals surface area (Å²) in [4.78, 5) is 0. The molecule has 0 aromatic heterocycles. The molecule has 0 fully saturated rings. The van der Waals surface area contributed by atoms with E-state index >= 15 is 0 Å². The second kappa shape index (κ2) is 8.01. The number of thioether (sulfide) groups is 1. The third-order valence-corrected chi connectivity index (χ3v) is 3.79. The normalized spacial score (nSPS) is 12.5. The second-order valence-corrected chi connectivity index (χ2v) is 5.78. The minimum absolute atomic E-state index is 0.201. The summed E-state index contributed by atoms with van der Waals surface area (Å²) in [7, 11) is 0. The number of rotatable bonds is 7. The Kier molecular flexibility index (Phi) is 7.00. The third-order valence-electron chi connectivity index (χ3n) is 2.59. The zero-order valence-corrected chi connectivity index (χ0v) is 12.8. The van der Waals surface area contributed by atoms with Gasteiger partial charge in [-0.1, -0.05) is 19.1 Å². The first kappa shape index (κ1) is 14.9. The molecule has 0 amide bonds. The van der Waals surface area contributed by atoms with E-state index in [-0.39, 0.29) is 6.04 Å². The fourth-order valence-electron chi connectivity index (χ4n) is 1.53. The van der Waals surface area contributed by atoms with Gasteiger partial charge in [0.15, 0.2) is 0 Å². The van der Waals surface area contributed by atoms with Crippen LogP contribution in [0.4, 0.5) is 0 Å². The first-order chi connectivity index (χ1) is 8.19. The van der Waals surface area contributed by atoms with Gasteiger partial charge in [-0.05, 0) is 46.7 Å². The van der Waals surface area contributed by atoms with Crippen LogP contribution in [0.15, 0.2) is 22.7 Å². The van der Waals surface area contributed by atoms with Gasteiger partial charge in [0.25, 0.3) is 0 Å². The van der Waals surface area contributed by atoms with Crippen LogP contribution < -0.4 is 10.5 Å². The smallest absolute Gasteiger partial charge is 0.136 e. The fourth-order valence-corrected chi connectivity index (χ4v) is 2.30. The zero-order chi connectivity index (χ0) is 12.7. The summed E-state index contributed by atoms with van der Waals surface area (Å²) in [6, 6.07) is 6.33. The van der Waals surface area contributed by atoms with E-state index in [0.29, 0.717) is 0 Å². The maximum Gasteiger partial charge on any atom is 0.136 e. The number of hydrogen-bond donors (Lipinski definition) is 1. The van der Waals surface area contributed by atoms with E-state index in [1.807, 2.05) is 12.1 Å². The standard InChI is InChI=1S/C13H20BrNOS/c1-3-11(15)9-10-5-4-6-12(14)13(10)16-7-8-17-2/h4-6,11H,3,7-9,15H2,1-2H3. The summed E-state index contributed by atoms with van der Waals surface area (Å²) in [5.41, 5.74) is 7.19. The highest BCUT2D eigenvalue weighted by Gasteiger charge is 2.10. The lowest BCUT2D eigenvalue weighted by atomic mass is 10.0. The molecule has 0 saturated carbocycles. The molecule has 96 valence electrons. The van der Waals surface area contributed by atoms with Crippen LogP contribution in [0.2, 0.25) is 0 Å². The average molecular weight is 318 g/mol. The molecule has 0 saturated heterocycles. The van der Waals surface area contributed by atoms with Gasteiger partial charge in [0.1, 0.15) is 5.75 Å². The summed E-state index contributed by atoms with van der Waals surface area (Å²) < 4.78 is 6.84. The average Bonchev–Trinajstić information content (AvgIpc) is 2.32. The van der Waals surface area contributed by atoms with Crippen LogP contribution >= 0.6 is 27.7 Å². The van der Waals surface area contributed by atoms with Gasteiger partial charge in [0.2, 0.25) is 0 Å². The van der Waals surface area contributed by atoms with Gasteiger partial charge in [0.05, 0.1) is 11.1 Å². The molecule has 2 nitrogen and oxygen atoms in total. The highest BCUT2D eigenvalue weighted by Crippen LogP contribution is 2.30. The van der Waals surface area contributed by atoms with Gasteiger partial charge in [-0.3, -0.25) is 0 Å². The lowest BCUT2D eigenvalue weighted by Crippen LogP contribution is -2.22. The van der Waals surface area contributed by atoms with Crippen molar-refractivity contribution in [3.63, 3.8) is 0 Å². The maximum atomic E-state index is 6.00. The van der Waals surface area contributed by atoms with Crippen molar-refractivity contribution < 1.29 is 4.74 Å². The van der Waals surface area contributed by atoms with E-state index in [9.17, 15) is 0 Å². The molecule has 1 rings (SSSR count). The lowest BCUT2D eigenvalue weighted by molar-refractivity contribution is 0.337. The number of para-hydroxylation sites is 1. The van der Waals surface area contributed by atoms with Gasteiger partial charge in [0, 0.05) is 11.8 Å². The van der Waals surface area contributed by atoms with Crippen molar-refractivity contribution in [2.24, 2.45) is 5.73 Å². The van der Waals surface area contributed by atoms with Crippen molar-refractivity contribution in [1.29, 1.82) is 0 Å². The Morgan fingerprint density at radius 3 is 2.88 bits per heavy atom. The topological polar surface area (TPSA) is 35.2 Å². The number of nitrogens with two attached hydrogens (primary N) is 1. The molecule has 1 atom stereocenters. The van der Waals surface area contributed by atoms with Crippen molar-refractivity contribution in [3.05, 3.63) is 28.2 Å². The molecule has 17 heavy (non-hydrogen) atoms. The van der Waals surface area contributed by atoms with Gasteiger partial charge in [-0.2, -0.15) is 11.8 Å². The Labute approximate surface area is 116 Å². The molecule has 2 N–H and O–H groups in total. The molecule has 1 aromatic rings. The third kappa shape index (κ3) is 4.90. The molecule has 0 bridgehead atoms. The molecule has 1 unspecified atom stereocenters. The summed E-state index contributed by atoms with van der Waals surface area (Å²) in [5, 5.41) is 0. The number of halogens is 1. The SMILES string of the molecule is CCC(N)Cc1cccc(Br)c1OCCSC. The van der Waals surface area contributed by atoms with E-state index in [1.54, 1.807) is 11.8 Å². The fraction of sp³-hybridized carbons (Fsp3) is 0.538. The quantitative estimate of drug-likeness (QED) is 0.782. The van der Waals surface area contributed by atoms with Crippen molar-refractivity contribution >= 4 is 27.7 Å². The van der Waals surface area contributed by atoms with Crippen LogP contribution in [0.1, 0.15) is 18.9 Å². The predicted octanol–water partition coefficient (Wildman–Crippen LogP) is 3.47. The number of ether oxygens (including phenoxy) is 1. The molecule has 0 radical (unpaired) electrons. The number of benzene rings is 1. The Hall–Kier alpha value is -0.190. The Balaban J connectivity index is 2.76. The molecule has 4 heteroatoms. The minimum atomic E-state index is 0.201. The Morgan fingerprint density at radius 2 is 2.24 bits per heavy atom. The van der Waals surface area contributed by atoms with E-state index in [1.165, 1.54) is 5.56 Å². The highest BCUT2D eigenvalue weighted by molar-refractivity contribution is 9.10. The van der Waals surface area contributed by atoms with Gasteiger partial charge < -0.3 is 10.5 Å². The van der Waals surface area contributed by atoms with E-state index < -0.39 is 0 Å². The monoisotopic (exact) mass is 317 g/mol. The number of hydrogen-bond acceptors (Lipinski definition) is 3. The van der Waals surface area contributed by atoms with Crippen LogP contribution in [0.5, 0.6) is 5.75 Å². The summed E-state index contributed by atoms with van der Waals surface area (Å²) in [5.74, 6) is 1.95. The Bertz CT molecular complexity index is 346. The molecule has 0 heterocycles. The molecule has 0 spiro atoms. The van der Waals surface area contributed by atoms with E-state index in [0.717, 1.165) is 35.4 Å². The van der Waals surface area contributed by atoms with E-state index in [4.69, 9.17) is 10.5 Å². The first-order valence-electron chi connectivity index (χ1n) is 5.83. The molecule has 1 aromatic carbocycles. The van der Waals surface area contributed by atoms with Gasteiger partial charge >= 0.3 is 0 Å². The lowest BCUT2D eigenvalue weighted by Gasteiger charge is -2.15. The Morgan fingerprint density at radius 1 is 1.47 bits per heavy atom. The molecule has 0 aliphatic rings. The second-order valence-electron chi connectivity index (χ2n) is 3.94. The van der Waals surface area contributed by atoms with Gasteiger partial charge in [-0.25, -0.2) is 0 Å². The molecule has 0 aliphatic heterocycles. The molecule has 0 aliphatic carbocycles. The minimum Gasteiger partial charge on any atom is -0.491 e. The predicted molar refractivity (Wildman–Crippen MR) is 80.0 cm³/mol. The summed E-state index contributed by atoms with van der Waals surface area (Å²) >= 11 is 5.32. The van der Waals surface area contributed by atoms with E-state index in [2.05, 4.69) is 35.2 Å². The van der Waals surface area contributed by atoms with Crippen LogP contribution in [0, 0.1) is 0 Å². The maximum absolute atomic E-state index is 6.00. The van der Waals surface area contributed by atoms with Gasteiger partial charge in [-0.15, -0.1) is 0 Å². The largest absolute Gasteiger partial charge is 0.491 e. The summed E-state index contributed by atoms with van der Waals surface area (Å²) in [6.07, 6.45) is 3.93. The zero-order valence-electron chi connectivity index (χ0n) is 10.4. The molecular formula is C13H20BrNOS. The van der Waals surface area contributed by atoms with Crippen molar-refractivity contribution in [2.45, 2.75) is 25.8 Å². The highest BCUT2D eigenvalue weighted by atomic mass is 79.9. The van der Waals surface area contributed by atoms with Crippen molar-refractivity contribution in [2.75, 3.05) is 18.6 Å². The van der Waals surface area contributed by atoms with Crippen molar-refractivity contribution in [1.82, 2.24) is 0 Å². The van der Waals surface area contributed by atoms with Crippen LogP contribution in [0.3, 0.4) is 0 Å². The summed E-state index contributed by atoms with van der Waals surface area (Å²) in [6.45, 7) is 2.84. The molecular weight excluding hydrogens is 298 g/mol. The van der Waals surface area contributed by atoms with Crippen LogP contribution in [-0.4, -0.2) is 24.7 Å². The first-order valence-corrected chi connectivity index (χ1v) is 8.02. The van der Waals surface area contributed by atoms with Crippen LogP contribution in [0.25, 0.3) is 0 Å². The van der Waals surface area contributed by atoms with Crippen molar-refractivity contribution in [3.8, 4) is 5.75 Å². The van der Waals surface area contributed by atoms with Crippen LogP contribution in [-0.2, 0) is 6.42 Å².